The molecule has 2 nitrogen and oxygen atoms in total. The number of carbonyl (C=O) groups excluding carboxylic acids is 1. The molecule has 0 N–H and O–H groups in total. The number of fused-ring (bicyclic) bond motifs is 1. The normalized spacial score (nSPS) is 10.9. The maximum atomic E-state index is 11.3. The van der Waals surface area contributed by atoms with Gasteiger partial charge in [0.15, 0.2) is 0 Å². The first-order valence-electron chi connectivity index (χ1n) is 6.20. The molecule has 0 aliphatic carbocycles. The van der Waals surface area contributed by atoms with Crippen LogP contribution in [0.1, 0.15) is 30.9 Å². The third-order valence-electron chi connectivity index (χ3n) is 3.18. The zero-order chi connectivity index (χ0) is 13.1. The number of rotatable bonds is 3. The van der Waals surface area contributed by atoms with Crippen molar-refractivity contribution in [3.63, 3.8) is 0 Å². The first-order chi connectivity index (χ1) is 8.61. The molecule has 0 saturated heterocycles. The molecule has 0 radical (unpaired) electrons. The fourth-order valence-electron chi connectivity index (χ4n) is 2.20. The van der Waals surface area contributed by atoms with Gasteiger partial charge in [0, 0.05) is 0 Å². The van der Waals surface area contributed by atoms with Crippen molar-refractivity contribution in [3.8, 4) is 0 Å². The van der Waals surface area contributed by atoms with Crippen molar-refractivity contribution >= 4 is 16.7 Å². The molecule has 0 saturated carbocycles. The van der Waals surface area contributed by atoms with Crippen LogP contribution in [0.25, 0.3) is 10.8 Å². The molecule has 18 heavy (non-hydrogen) atoms. The lowest BCUT2D eigenvalue weighted by Crippen LogP contribution is -2.04. The molecule has 0 aromatic heterocycles. The van der Waals surface area contributed by atoms with Gasteiger partial charge in [-0.2, -0.15) is 0 Å². The Morgan fingerprint density at radius 2 is 2.00 bits per heavy atom. The Hall–Kier alpha value is -1.83. The Bertz CT molecular complexity index is 570. The zero-order valence-electron chi connectivity index (χ0n) is 11.1. The van der Waals surface area contributed by atoms with E-state index in [0.29, 0.717) is 12.3 Å². The van der Waals surface area contributed by atoms with E-state index in [2.05, 4.69) is 44.2 Å². The van der Waals surface area contributed by atoms with Crippen molar-refractivity contribution in [2.45, 2.75) is 26.2 Å². The fourth-order valence-corrected chi connectivity index (χ4v) is 2.20. The molecule has 0 amide bonds. The Balaban J connectivity index is 2.48. The van der Waals surface area contributed by atoms with E-state index in [9.17, 15) is 4.79 Å². The van der Waals surface area contributed by atoms with E-state index in [-0.39, 0.29) is 5.97 Å². The highest BCUT2D eigenvalue weighted by molar-refractivity contribution is 5.87. The summed E-state index contributed by atoms with van der Waals surface area (Å²) in [4.78, 5) is 11.3. The number of benzene rings is 2. The van der Waals surface area contributed by atoms with E-state index in [4.69, 9.17) is 4.74 Å². The number of hydrogen-bond acceptors (Lipinski definition) is 2. The molecule has 0 bridgehead atoms. The van der Waals surface area contributed by atoms with Crippen molar-refractivity contribution in [3.05, 3.63) is 47.5 Å². The molecule has 94 valence electrons. The first-order valence-corrected chi connectivity index (χ1v) is 6.20. The van der Waals surface area contributed by atoms with Crippen LogP contribution in [0.2, 0.25) is 0 Å². The standard InChI is InChI=1S/C16H18O2/c1-11(2)14-6-4-5-13-8-7-12(9-15(13)14)10-16(17)18-3/h4-9,11H,10H2,1-3H3. The number of methoxy groups -OCH3 is 1. The second kappa shape index (κ2) is 5.21. The van der Waals surface area contributed by atoms with Gasteiger partial charge in [0.25, 0.3) is 0 Å². The van der Waals surface area contributed by atoms with Crippen molar-refractivity contribution in [1.82, 2.24) is 0 Å². The van der Waals surface area contributed by atoms with E-state index in [1.807, 2.05) is 6.07 Å². The van der Waals surface area contributed by atoms with Gasteiger partial charge in [0.05, 0.1) is 13.5 Å². The van der Waals surface area contributed by atoms with Gasteiger partial charge in [0.1, 0.15) is 0 Å². The molecule has 0 aliphatic rings. The fraction of sp³-hybridized carbons (Fsp3) is 0.312. The van der Waals surface area contributed by atoms with Crippen LogP contribution < -0.4 is 0 Å². The molecule has 0 atom stereocenters. The van der Waals surface area contributed by atoms with Gasteiger partial charge in [0.2, 0.25) is 0 Å². The van der Waals surface area contributed by atoms with Gasteiger partial charge in [-0.3, -0.25) is 4.79 Å². The van der Waals surface area contributed by atoms with Crippen LogP contribution in [0.3, 0.4) is 0 Å². The summed E-state index contributed by atoms with van der Waals surface area (Å²) >= 11 is 0. The highest BCUT2D eigenvalue weighted by atomic mass is 16.5. The molecule has 0 unspecified atom stereocenters. The van der Waals surface area contributed by atoms with Crippen molar-refractivity contribution in [2.24, 2.45) is 0 Å². The SMILES string of the molecule is COC(=O)Cc1ccc2cccc(C(C)C)c2c1. The lowest BCUT2D eigenvalue weighted by atomic mass is 9.94. The summed E-state index contributed by atoms with van der Waals surface area (Å²) in [5.74, 6) is 0.276. The Morgan fingerprint density at radius 1 is 1.22 bits per heavy atom. The monoisotopic (exact) mass is 242 g/mol. The topological polar surface area (TPSA) is 26.3 Å². The molecule has 0 aliphatic heterocycles. The van der Waals surface area contributed by atoms with Crippen LogP contribution in [0.4, 0.5) is 0 Å². The molecular weight excluding hydrogens is 224 g/mol. The summed E-state index contributed by atoms with van der Waals surface area (Å²) in [6.07, 6.45) is 0.332. The molecule has 2 rings (SSSR count). The van der Waals surface area contributed by atoms with Crippen LogP contribution in [-0.2, 0) is 16.0 Å². The molecular formula is C16H18O2. The van der Waals surface area contributed by atoms with E-state index in [0.717, 1.165) is 5.56 Å². The lowest BCUT2D eigenvalue weighted by molar-refractivity contribution is -0.139. The van der Waals surface area contributed by atoms with Crippen molar-refractivity contribution < 1.29 is 9.53 Å². The van der Waals surface area contributed by atoms with E-state index < -0.39 is 0 Å². The summed E-state index contributed by atoms with van der Waals surface area (Å²) in [6, 6.07) is 12.5. The van der Waals surface area contributed by atoms with E-state index >= 15 is 0 Å². The van der Waals surface area contributed by atoms with E-state index in [1.54, 1.807) is 0 Å². The molecule has 2 aromatic rings. The summed E-state index contributed by atoms with van der Waals surface area (Å²) in [6.45, 7) is 4.36. The summed E-state index contributed by atoms with van der Waals surface area (Å²) in [5, 5.41) is 2.45. The van der Waals surface area contributed by atoms with Crippen LogP contribution in [0.5, 0.6) is 0 Å². The van der Waals surface area contributed by atoms with Crippen LogP contribution >= 0.6 is 0 Å². The van der Waals surface area contributed by atoms with Gasteiger partial charge in [-0.05, 0) is 27.8 Å². The highest BCUT2D eigenvalue weighted by Crippen LogP contribution is 2.26. The van der Waals surface area contributed by atoms with E-state index in [1.165, 1.54) is 23.4 Å². The Labute approximate surface area is 108 Å². The van der Waals surface area contributed by atoms with Gasteiger partial charge >= 0.3 is 5.97 Å². The molecule has 0 fully saturated rings. The number of hydrogen-bond donors (Lipinski definition) is 0. The minimum atomic E-state index is -0.198. The largest absolute Gasteiger partial charge is 0.469 e. The third-order valence-corrected chi connectivity index (χ3v) is 3.18. The summed E-state index contributed by atoms with van der Waals surface area (Å²) in [5.41, 5.74) is 2.32. The van der Waals surface area contributed by atoms with Gasteiger partial charge in [-0.15, -0.1) is 0 Å². The number of carbonyl (C=O) groups is 1. The third kappa shape index (κ3) is 2.53. The van der Waals surface area contributed by atoms with Crippen LogP contribution in [0, 0.1) is 0 Å². The second-order valence-corrected chi connectivity index (χ2v) is 4.81. The minimum absolute atomic E-state index is 0.198. The smallest absolute Gasteiger partial charge is 0.309 e. The summed E-state index contributed by atoms with van der Waals surface area (Å²) in [7, 11) is 1.42. The van der Waals surface area contributed by atoms with Gasteiger partial charge in [-0.25, -0.2) is 0 Å². The average molecular weight is 242 g/mol. The molecule has 2 heteroatoms. The number of ether oxygens (including phenoxy) is 1. The van der Waals surface area contributed by atoms with Crippen LogP contribution in [0.15, 0.2) is 36.4 Å². The highest BCUT2D eigenvalue weighted by Gasteiger charge is 2.08. The molecule has 0 spiro atoms. The minimum Gasteiger partial charge on any atom is -0.469 e. The van der Waals surface area contributed by atoms with Gasteiger partial charge < -0.3 is 4.74 Å². The van der Waals surface area contributed by atoms with Crippen LogP contribution in [-0.4, -0.2) is 13.1 Å². The lowest BCUT2D eigenvalue weighted by Gasteiger charge is -2.11. The predicted octanol–water partition coefficient (Wildman–Crippen LogP) is 3.68. The predicted molar refractivity (Wildman–Crippen MR) is 73.8 cm³/mol. The quantitative estimate of drug-likeness (QED) is 0.767. The second-order valence-electron chi connectivity index (χ2n) is 4.81. The average Bonchev–Trinajstić information content (AvgIpc) is 2.37. The Morgan fingerprint density at radius 3 is 2.67 bits per heavy atom. The molecule has 0 heterocycles. The maximum absolute atomic E-state index is 11.3. The maximum Gasteiger partial charge on any atom is 0.309 e. The Kier molecular flexibility index (Phi) is 3.66. The van der Waals surface area contributed by atoms with Crippen molar-refractivity contribution in [2.75, 3.05) is 7.11 Å². The zero-order valence-corrected chi connectivity index (χ0v) is 11.1. The molecule has 2 aromatic carbocycles. The van der Waals surface area contributed by atoms with Gasteiger partial charge in [-0.1, -0.05) is 50.2 Å². The number of esters is 1. The van der Waals surface area contributed by atoms with Crippen molar-refractivity contribution in [1.29, 1.82) is 0 Å². The first kappa shape index (κ1) is 12.6. The summed E-state index contributed by atoms with van der Waals surface area (Å²) < 4.78 is 4.70.